The molecule has 0 aliphatic rings. The van der Waals surface area contributed by atoms with E-state index in [9.17, 15) is 0 Å². The highest BCUT2D eigenvalue weighted by Gasteiger charge is 2.12. The van der Waals surface area contributed by atoms with Gasteiger partial charge in [0.15, 0.2) is 0 Å². The Labute approximate surface area is 124 Å². The summed E-state index contributed by atoms with van der Waals surface area (Å²) in [6.45, 7) is 4.21. The van der Waals surface area contributed by atoms with Gasteiger partial charge in [-0.05, 0) is 65.9 Å². The number of thiophene rings is 1. The summed E-state index contributed by atoms with van der Waals surface area (Å²) in [6, 6.07) is 10.4. The van der Waals surface area contributed by atoms with E-state index < -0.39 is 0 Å². The second kappa shape index (κ2) is 7.68. The zero-order valence-electron chi connectivity index (χ0n) is 11.2. The van der Waals surface area contributed by atoms with Gasteiger partial charge >= 0.3 is 0 Å². The molecule has 0 aliphatic heterocycles. The molecule has 1 atom stereocenters. The van der Waals surface area contributed by atoms with Gasteiger partial charge < -0.3 is 5.32 Å². The molecule has 1 heterocycles. The van der Waals surface area contributed by atoms with E-state index in [0.717, 1.165) is 31.0 Å². The summed E-state index contributed by atoms with van der Waals surface area (Å²) in [7, 11) is 0. The van der Waals surface area contributed by atoms with Crippen LogP contribution < -0.4 is 5.32 Å². The molecule has 0 aliphatic carbocycles. The molecule has 1 N–H and O–H groups in total. The van der Waals surface area contributed by atoms with Crippen LogP contribution in [-0.4, -0.2) is 13.1 Å². The van der Waals surface area contributed by atoms with Gasteiger partial charge in [0.25, 0.3) is 0 Å². The Morgan fingerprint density at radius 3 is 2.74 bits per heavy atom. The molecule has 2 rings (SSSR count). The van der Waals surface area contributed by atoms with Gasteiger partial charge in [-0.2, -0.15) is 11.3 Å². The van der Waals surface area contributed by atoms with E-state index in [1.165, 1.54) is 11.1 Å². The summed E-state index contributed by atoms with van der Waals surface area (Å²) >= 11 is 8.03. The van der Waals surface area contributed by atoms with Gasteiger partial charge in [0.05, 0.1) is 0 Å². The molecular formula is C16H20ClNS. The van der Waals surface area contributed by atoms with Gasteiger partial charge in [0, 0.05) is 5.02 Å². The SMILES string of the molecule is CCNCC(Cc1ccsc1)Cc1ccccc1Cl. The number of benzene rings is 1. The third-order valence-electron chi connectivity index (χ3n) is 3.25. The van der Waals surface area contributed by atoms with Crippen LogP contribution in [0.25, 0.3) is 0 Å². The van der Waals surface area contributed by atoms with E-state index in [1.807, 2.05) is 12.1 Å². The monoisotopic (exact) mass is 293 g/mol. The molecule has 0 spiro atoms. The molecule has 0 bridgehead atoms. The van der Waals surface area contributed by atoms with Crippen molar-refractivity contribution in [3.05, 3.63) is 57.2 Å². The van der Waals surface area contributed by atoms with Crippen molar-refractivity contribution in [1.82, 2.24) is 5.32 Å². The van der Waals surface area contributed by atoms with E-state index in [4.69, 9.17) is 11.6 Å². The molecule has 19 heavy (non-hydrogen) atoms. The Kier molecular flexibility index (Phi) is 5.90. The minimum Gasteiger partial charge on any atom is -0.317 e. The predicted molar refractivity (Wildman–Crippen MR) is 85.2 cm³/mol. The van der Waals surface area contributed by atoms with Crippen molar-refractivity contribution in [3.8, 4) is 0 Å². The number of halogens is 1. The molecule has 2 aromatic rings. The first-order chi connectivity index (χ1) is 9.29. The van der Waals surface area contributed by atoms with Crippen molar-refractivity contribution in [1.29, 1.82) is 0 Å². The van der Waals surface area contributed by atoms with Gasteiger partial charge in [0.2, 0.25) is 0 Å². The highest BCUT2D eigenvalue weighted by atomic mass is 35.5. The fourth-order valence-corrected chi connectivity index (χ4v) is 3.18. The average Bonchev–Trinajstić information content (AvgIpc) is 2.91. The number of nitrogens with one attached hydrogen (secondary N) is 1. The highest BCUT2D eigenvalue weighted by molar-refractivity contribution is 7.07. The first-order valence-corrected chi connectivity index (χ1v) is 8.07. The van der Waals surface area contributed by atoms with Crippen molar-refractivity contribution in [2.75, 3.05) is 13.1 Å². The molecule has 0 saturated heterocycles. The van der Waals surface area contributed by atoms with Crippen LogP contribution in [0.3, 0.4) is 0 Å². The molecule has 102 valence electrons. The van der Waals surface area contributed by atoms with Crippen LogP contribution in [0, 0.1) is 5.92 Å². The summed E-state index contributed by atoms with van der Waals surface area (Å²) in [5, 5.41) is 8.73. The standard InChI is InChI=1S/C16H20ClNS/c1-2-18-11-14(9-13-7-8-19-12-13)10-15-5-3-4-6-16(15)17/h3-8,12,14,18H,2,9-11H2,1H3. The smallest absolute Gasteiger partial charge is 0.0438 e. The first kappa shape index (κ1) is 14.6. The zero-order chi connectivity index (χ0) is 13.5. The van der Waals surface area contributed by atoms with Crippen LogP contribution in [0.4, 0.5) is 0 Å². The van der Waals surface area contributed by atoms with E-state index in [-0.39, 0.29) is 0 Å². The van der Waals surface area contributed by atoms with Crippen molar-refractivity contribution in [2.45, 2.75) is 19.8 Å². The lowest BCUT2D eigenvalue weighted by atomic mass is 9.93. The molecule has 3 heteroatoms. The van der Waals surface area contributed by atoms with Crippen LogP contribution >= 0.6 is 22.9 Å². The van der Waals surface area contributed by atoms with Crippen LogP contribution in [-0.2, 0) is 12.8 Å². The normalized spacial score (nSPS) is 12.5. The van der Waals surface area contributed by atoms with Gasteiger partial charge in [-0.1, -0.05) is 36.7 Å². The quantitative estimate of drug-likeness (QED) is 0.797. The van der Waals surface area contributed by atoms with Gasteiger partial charge in [-0.3, -0.25) is 0 Å². The van der Waals surface area contributed by atoms with Crippen LogP contribution in [0.1, 0.15) is 18.1 Å². The average molecular weight is 294 g/mol. The third kappa shape index (κ3) is 4.64. The van der Waals surface area contributed by atoms with Gasteiger partial charge in [-0.15, -0.1) is 0 Å². The lowest BCUT2D eigenvalue weighted by molar-refractivity contribution is 0.479. The van der Waals surface area contributed by atoms with Gasteiger partial charge in [0.1, 0.15) is 0 Å². The Morgan fingerprint density at radius 1 is 1.21 bits per heavy atom. The second-order valence-electron chi connectivity index (χ2n) is 4.80. The maximum absolute atomic E-state index is 6.27. The van der Waals surface area contributed by atoms with Crippen molar-refractivity contribution in [2.24, 2.45) is 5.92 Å². The maximum atomic E-state index is 6.27. The van der Waals surface area contributed by atoms with Crippen molar-refractivity contribution >= 4 is 22.9 Å². The maximum Gasteiger partial charge on any atom is 0.0438 e. The second-order valence-corrected chi connectivity index (χ2v) is 5.99. The third-order valence-corrected chi connectivity index (χ3v) is 4.35. The minimum absolute atomic E-state index is 0.592. The number of rotatable bonds is 7. The Morgan fingerprint density at radius 2 is 2.05 bits per heavy atom. The van der Waals surface area contributed by atoms with Crippen molar-refractivity contribution in [3.63, 3.8) is 0 Å². The summed E-state index contributed by atoms with van der Waals surface area (Å²) in [6.07, 6.45) is 2.14. The molecule has 0 saturated carbocycles. The molecule has 1 unspecified atom stereocenters. The molecule has 1 aromatic carbocycles. The predicted octanol–water partition coefficient (Wildman–Crippen LogP) is 4.41. The largest absolute Gasteiger partial charge is 0.317 e. The summed E-state index contributed by atoms with van der Waals surface area (Å²) in [5.41, 5.74) is 2.68. The molecule has 0 amide bonds. The van der Waals surface area contributed by atoms with Gasteiger partial charge in [-0.25, -0.2) is 0 Å². The summed E-state index contributed by atoms with van der Waals surface area (Å²) in [5.74, 6) is 0.592. The first-order valence-electron chi connectivity index (χ1n) is 6.74. The molecule has 1 nitrogen and oxygen atoms in total. The fraction of sp³-hybridized carbons (Fsp3) is 0.375. The van der Waals surface area contributed by atoms with E-state index in [2.05, 4.69) is 41.2 Å². The van der Waals surface area contributed by atoms with E-state index in [0.29, 0.717) is 5.92 Å². The lowest BCUT2D eigenvalue weighted by Gasteiger charge is -2.17. The number of hydrogen-bond donors (Lipinski definition) is 1. The number of hydrogen-bond acceptors (Lipinski definition) is 2. The fourth-order valence-electron chi connectivity index (χ4n) is 2.28. The van der Waals surface area contributed by atoms with Crippen LogP contribution in [0.2, 0.25) is 5.02 Å². The van der Waals surface area contributed by atoms with Crippen LogP contribution in [0.5, 0.6) is 0 Å². The van der Waals surface area contributed by atoms with E-state index >= 15 is 0 Å². The molecule has 1 aromatic heterocycles. The topological polar surface area (TPSA) is 12.0 Å². The lowest BCUT2D eigenvalue weighted by Crippen LogP contribution is -2.25. The Bertz CT molecular complexity index is 481. The Balaban J connectivity index is 2.03. The van der Waals surface area contributed by atoms with Crippen LogP contribution in [0.15, 0.2) is 41.1 Å². The summed E-state index contributed by atoms with van der Waals surface area (Å²) < 4.78 is 0. The molecular weight excluding hydrogens is 274 g/mol. The minimum atomic E-state index is 0.592. The summed E-state index contributed by atoms with van der Waals surface area (Å²) in [4.78, 5) is 0. The van der Waals surface area contributed by atoms with Crippen molar-refractivity contribution < 1.29 is 0 Å². The Hall–Kier alpha value is -0.830. The molecule has 0 radical (unpaired) electrons. The molecule has 0 fully saturated rings. The highest BCUT2D eigenvalue weighted by Crippen LogP contribution is 2.21. The zero-order valence-corrected chi connectivity index (χ0v) is 12.8. The van der Waals surface area contributed by atoms with E-state index in [1.54, 1.807) is 11.3 Å².